The van der Waals surface area contributed by atoms with Crippen LogP contribution in [0.1, 0.15) is 35.3 Å². The van der Waals surface area contributed by atoms with Crippen LogP contribution in [0.4, 0.5) is 17.1 Å². The molecule has 0 aliphatic carbocycles. The third-order valence-electron chi connectivity index (χ3n) is 5.61. The number of aliphatic hydroxyl groups is 2. The molecule has 0 spiro atoms. The molecule has 30 heavy (non-hydrogen) atoms. The van der Waals surface area contributed by atoms with Crippen molar-refractivity contribution in [1.82, 2.24) is 4.98 Å². The number of ether oxygens (including phenoxy) is 1. The largest absolute Gasteiger partial charge is 0.493 e. The van der Waals surface area contributed by atoms with Gasteiger partial charge in [-0.25, -0.2) is 0 Å². The molecular weight excluding hydrogens is 378 g/mol. The number of pyridine rings is 1. The Morgan fingerprint density at radius 3 is 2.80 bits per heavy atom. The Bertz CT molecular complexity index is 1020. The monoisotopic (exact) mass is 405 g/mol. The second-order valence-corrected chi connectivity index (χ2v) is 7.67. The topological polar surface area (TPSA) is 77.9 Å². The zero-order chi connectivity index (χ0) is 21.1. The van der Waals surface area contributed by atoms with Gasteiger partial charge in [0.1, 0.15) is 5.75 Å². The highest BCUT2D eigenvalue weighted by Crippen LogP contribution is 2.38. The number of hydrogen-bond acceptors (Lipinski definition) is 6. The van der Waals surface area contributed by atoms with Crippen molar-refractivity contribution >= 4 is 17.1 Å². The van der Waals surface area contributed by atoms with Gasteiger partial charge in [0.15, 0.2) is 6.29 Å². The van der Waals surface area contributed by atoms with Gasteiger partial charge in [-0.05, 0) is 48.7 Å². The summed E-state index contributed by atoms with van der Waals surface area (Å²) in [5.74, 6) is 1.16. The van der Waals surface area contributed by atoms with Crippen LogP contribution in [0, 0.1) is 6.92 Å². The first-order chi connectivity index (χ1) is 14.5. The van der Waals surface area contributed by atoms with Gasteiger partial charge in [-0.2, -0.15) is 0 Å². The molecule has 6 nitrogen and oxygen atoms in total. The fraction of sp³-hybridized carbons (Fsp3) is 0.292. The van der Waals surface area contributed by atoms with Crippen molar-refractivity contribution in [2.24, 2.45) is 0 Å². The molecule has 2 heterocycles. The Balaban J connectivity index is 1.52. The molecule has 0 amide bonds. The van der Waals surface area contributed by atoms with E-state index >= 15 is 0 Å². The Hall–Kier alpha value is -3.09. The quantitative estimate of drug-likeness (QED) is 0.536. The molecule has 0 unspecified atom stereocenters. The fourth-order valence-corrected chi connectivity index (χ4v) is 3.87. The first-order valence-corrected chi connectivity index (χ1v) is 10.1. The second-order valence-electron chi connectivity index (χ2n) is 7.67. The smallest absolute Gasteiger partial charge is 0.180 e. The lowest BCUT2D eigenvalue weighted by Crippen LogP contribution is -2.22. The van der Waals surface area contributed by atoms with E-state index in [1.165, 1.54) is 5.56 Å². The molecule has 0 saturated carbocycles. The molecule has 0 radical (unpaired) electrons. The van der Waals surface area contributed by atoms with E-state index < -0.39 is 6.29 Å². The van der Waals surface area contributed by atoms with Crippen molar-refractivity contribution in [2.45, 2.75) is 25.6 Å². The summed E-state index contributed by atoms with van der Waals surface area (Å²) < 4.78 is 5.97. The van der Waals surface area contributed by atoms with Gasteiger partial charge >= 0.3 is 0 Å². The Kier molecular flexibility index (Phi) is 5.88. The van der Waals surface area contributed by atoms with Crippen molar-refractivity contribution in [3.05, 3.63) is 77.6 Å². The zero-order valence-corrected chi connectivity index (χ0v) is 17.2. The van der Waals surface area contributed by atoms with Gasteiger partial charge in [-0.15, -0.1) is 0 Å². The summed E-state index contributed by atoms with van der Waals surface area (Å²) in [6.45, 7) is 3.41. The van der Waals surface area contributed by atoms with E-state index in [1.807, 2.05) is 0 Å². The minimum absolute atomic E-state index is 0.260. The number of anilines is 3. The minimum Gasteiger partial charge on any atom is -0.493 e. The SMILES string of the molecule is Cc1cccc(N(C)c2ccc3c(c2)OCC[C@H]3CNc2cnccc2C(O)O)c1. The van der Waals surface area contributed by atoms with Crippen LogP contribution in [0.2, 0.25) is 0 Å². The number of aliphatic hydroxyl groups excluding tert-OH is 1. The molecule has 1 atom stereocenters. The summed E-state index contributed by atoms with van der Waals surface area (Å²) in [6, 6.07) is 16.4. The molecule has 0 bridgehead atoms. The van der Waals surface area contributed by atoms with Crippen molar-refractivity contribution in [2.75, 3.05) is 30.4 Å². The summed E-state index contributed by atoms with van der Waals surface area (Å²) in [6.07, 6.45) is 2.53. The van der Waals surface area contributed by atoms with Crippen molar-refractivity contribution in [1.29, 1.82) is 0 Å². The summed E-state index contributed by atoms with van der Waals surface area (Å²) in [5.41, 5.74) is 5.65. The molecule has 1 aliphatic heterocycles. The predicted octanol–water partition coefficient (Wildman–Crippen LogP) is 4.12. The Morgan fingerprint density at radius 1 is 1.17 bits per heavy atom. The zero-order valence-electron chi connectivity index (χ0n) is 17.2. The average Bonchev–Trinajstić information content (AvgIpc) is 2.76. The van der Waals surface area contributed by atoms with Crippen LogP contribution in [-0.2, 0) is 0 Å². The van der Waals surface area contributed by atoms with Crippen LogP contribution >= 0.6 is 0 Å². The standard InChI is InChI=1S/C24H27N3O3/c1-16-4-3-5-18(12-16)27(2)19-6-7-20-17(9-11-30-23(20)13-19)14-26-22-15-25-10-8-21(22)24(28)29/h3-8,10,12-13,15,17,24,26,28-29H,9,11,14H2,1-2H3/t17-/m0/s1. The van der Waals surface area contributed by atoms with E-state index in [0.717, 1.165) is 29.1 Å². The van der Waals surface area contributed by atoms with Gasteiger partial charge in [0, 0.05) is 48.7 Å². The van der Waals surface area contributed by atoms with Crippen LogP contribution < -0.4 is 15.0 Å². The lowest BCUT2D eigenvalue weighted by atomic mass is 9.92. The van der Waals surface area contributed by atoms with E-state index in [-0.39, 0.29) is 5.92 Å². The first-order valence-electron chi connectivity index (χ1n) is 10.1. The summed E-state index contributed by atoms with van der Waals surface area (Å²) in [4.78, 5) is 6.24. The number of nitrogens with one attached hydrogen (secondary N) is 1. The molecule has 0 saturated heterocycles. The van der Waals surface area contributed by atoms with Crippen molar-refractivity contribution < 1.29 is 14.9 Å². The maximum Gasteiger partial charge on any atom is 0.180 e. The van der Waals surface area contributed by atoms with E-state index in [1.54, 1.807) is 18.5 Å². The number of nitrogens with zero attached hydrogens (tertiary/aromatic N) is 2. The highest BCUT2D eigenvalue weighted by molar-refractivity contribution is 5.66. The lowest BCUT2D eigenvalue weighted by molar-refractivity contribution is -0.0419. The highest BCUT2D eigenvalue weighted by atomic mass is 16.5. The van der Waals surface area contributed by atoms with Gasteiger partial charge in [0.2, 0.25) is 0 Å². The van der Waals surface area contributed by atoms with Crippen LogP contribution in [0.5, 0.6) is 5.75 Å². The van der Waals surface area contributed by atoms with Crippen LogP contribution in [0.25, 0.3) is 0 Å². The molecular formula is C24H27N3O3. The third kappa shape index (κ3) is 4.25. The van der Waals surface area contributed by atoms with Gasteiger partial charge in [0.05, 0.1) is 18.5 Å². The molecule has 3 aromatic rings. The molecule has 1 aromatic heterocycles. The van der Waals surface area contributed by atoms with Gasteiger partial charge in [-0.1, -0.05) is 18.2 Å². The molecule has 4 rings (SSSR count). The van der Waals surface area contributed by atoms with Crippen LogP contribution in [0.15, 0.2) is 60.9 Å². The van der Waals surface area contributed by atoms with E-state index in [0.29, 0.717) is 24.4 Å². The third-order valence-corrected chi connectivity index (χ3v) is 5.61. The molecule has 1 aliphatic rings. The fourth-order valence-electron chi connectivity index (χ4n) is 3.87. The van der Waals surface area contributed by atoms with Gasteiger partial charge in [0.25, 0.3) is 0 Å². The van der Waals surface area contributed by atoms with Crippen LogP contribution in [0.3, 0.4) is 0 Å². The average molecular weight is 405 g/mol. The maximum absolute atomic E-state index is 9.56. The minimum atomic E-state index is -1.53. The molecule has 156 valence electrons. The second kappa shape index (κ2) is 8.73. The highest BCUT2D eigenvalue weighted by Gasteiger charge is 2.23. The van der Waals surface area contributed by atoms with Crippen LogP contribution in [-0.4, -0.2) is 35.4 Å². The number of benzene rings is 2. The van der Waals surface area contributed by atoms with E-state index in [2.05, 4.69) is 71.6 Å². The molecule has 2 aromatic carbocycles. The van der Waals surface area contributed by atoms with Crippen molar-refractivity contribution in [3.63, 3.8) is 0 Å². The summed E-state index contributed by atoms with van der Waals surface area (Å²) in [5, 5.41) is 22.4. The number of aryl methyl sites for hydroxylation is 1. The Labute approximate surface area is 176 Å². The number of hydrogen-bond donors (Lipinski definition) is 3. The predicted molar refractivity (Wildman–Crippen MR) is 118 cm³/mol. The Morgan fingerprint density at radius 2 is 2.00 bits per heavy atom. The first kappa shape index (κ1) is 20.2. The normalized spacial score (nSPS) is 15.4. The van der Waals surface area contributed by atoms with E-state index in [4.69, 9.17) is 4.74 Å². The van der Waals surface area contributed by atoms with E-state index in [9.17, 15) is 10.2 Å². The summed E-state index contributed by atoms with van der Waals surface area (Å²) >= 11 is 0. The summed E-state index contributed by atoms with van der Waals surface area (Å²) in [7, 11) is 2.06. The van der Waals surface area contributed by atoms with Gasteiger partial charge in [-0.3, -0.25) is 4.98 Å². The van der Waals surface area contributed by atoms with Gasteiger partial charge < -0.3 is 25.2 Å². The molecule has 0 fully saturated rings. The molecule has 3 N–H and O–H groups in total. The number of rotatable bonds is 6. The number of aromatic nitrogens is 1. The lowest BCUT2D eigenvalue weighted by Gasteiger charge is -2.29. The number of fused-ring (bicyclic) bond motifs is 1. The van der Waals surface area contributed by atoms with Crippen molar-refractivity contribution in [3.8, 4) is 5.75 Å². The molecule has 6 heteroatoms. The maximum atomic E-state index is 9.56.